The van der Waals surface area contributed by atoms with Gasteiger partial charge in [-0.05, 0) is 117 Å². The maximum atomic E-state index is 6.54. The van der Waals surface area contributed by atoms with E-state index in [0.717, 1.165) is 39.2 Å². The summed E-state index contributed by atoms with van der Waals surface area (Å²) in [5.41, 5.74) is 12.4. The van der Waals surface area contributed by atoms with Crippen LogP contribution in [0.15, 0.2) is 205 Å². The Morgan fingerprint density at radius 1 is 0.327 bits per heavy atom. The molecule has 0 saturated heterocycles. The van der Waals surface area contributed by atoms with Crippen molar-refractivity contribution in [2.75, 3.05) is 4.90 Å². The molecule has 0 atom stereocenters. The molecule has 0 aliphatic carbocycles. The van der Waals surface area contributed by atoms with E-state index in [-0.39, 0.29) is 0 Å². The van der Waals surface area contributed by atoms with Gasteiger partial charge in [-0.3, -0.25) is 0 Å². The second-order valence-electron chi connectivity index (χ2n) is 14.1. The molecule has 258 valence electrons. The first-order valence-corrected chi connectivity index (χ1v) is 19.5. The lowest BCUT2D eigenvalue weighted by Crippen LogP contribution is -2.09. The number of nitrogens with zero attached hydrogens (tertiary/aromatic N) is 1. The van der Waals surface area contributed by atoms with Crippen LogP contribution in [0.1, 0.15) is 0 Å². The number of thiophene rings is 1. The number of benzene rings is 9. The van der Waals surface area contributed by atoms with Crippen LogP contribution in [0.3, 0.4) is 0 Å². The molecule has 0 aliphatic heterocycles. The van der Waals surface area contributed by atoms with Crippen molar-refractivity contribution in [3.05, 3.63) is 200 Å². The lowest BCUT2D eigenvalue weighted by Gasteiger charge is -2.25. The first kappa shape index (κ1) is 31.6. The Morgan fingerprint density at radius 2 is 0.909 bits per heavy atom. The van der Waals surface area contributed by atoms with E-state index in [4.69, 9.17) is 4.42 Å². The fourth-order valence-electron chi connectivity index (χ4n) is 8.14. The fraction of sp³-hybridized carbons (Fsp3) is 0. The smallest absolute Gasteiger partial charge is 0.136 e. The number of para-hydroxylation sites is 2. The minimum atomic E-state index is 0.919. The van der Waals surface area contributed by atoms with Crippen molar-refractivity contribution in [2.45, 2.75) is 0 Å². The van der Waals surface area contributed by atoms with E-state index < -0.39 is 0 Å². The fourth-order valence-corrected chi connectivity index (χ4v) is 9.29. The Bertz CT molecular complexity index is 3160. The highest BCUT2D eigenvalue weighted by Gasteiger charge is 2.17. The summed E-state index contributed by atoms with van der Waals surface area (Å²) >= 11 is 1.85. The number of rotatable bonds is 6. The van der Waals surface area contributed by atoms with Gasteiger partial charge in [0.15, 0.2) is 0 Å². The zero-order valence-corrected chi connectivity index (χ0v) is 30.6. The predicted molar refractivity (Wildman–Crippen MR) is 235 cm³/mol. The van der Waals surface area contributed by atoms with Crippen LogP contribution >= 0.6 is 11.3 Å². The van der Waals surface area contributed by atoms with Crippen LogP contribution < -0.4 is 4.90 Å². The van der Waals surface area contributed by atoms with Crippen LogP contribution in [0.2, 0.25) is 0 Å². The molecule has 0 aliphatic rings. The average Bonchev–Trinajstić information content (AvgIpc) is 3.82. The minimum Gasteiger partial charge on any atom is -0.456 e. The highest BCUT2D eigenvalue weighted by molar-refractivity contribution is 7.26. The minimum absolute atomic E-state index is 0.919. The molecule has 55 heavy (non-hydrogen) atoms. The molecule has 0 radical (unpaired) electrons. The van der Waals surface area contributed by atoms with E-state index in [0.29, 0.717) is 0 Å². The lowest BCUT2D eigenvalue weighted by atomic mass is 9.98. The topological polar surface area (TPSA) is 16.4 Å². The van der Waals surface area contributed by atoms with E-state index in [1.165, 1.54) is 64.1 Å². The van der Waals surface area contributed by atoms with Crippen LogP contribution in [-0.2, 0) is 0 Å². The molecule has 0 spiro atoms. The molecule has 0 fully saturated rings. The van der Waals surface area contributed by atoms with Gasteiger partial charge in [-0.15, -0.1) is 11.3 Å². The van der Waals surface area contributed by atoms with Gasteiger partial charge in [0, 0.05) is 48.0 Å². The summed E-state index contributed by atoms with van der Waals surface area (Å²) in [5.74, 6) is 0. The lowest BCUT2D eigenvalue weighted by molar-refractivity contribution is 0.669. The van der Waals surface area contributed by atoms with Gasteiger partial charge in [-0.2, -0.15) is 0 Å². The summed E-state index contributed by atoms with van der Waals surface area (Å²) in [6.07, 6.45) is 0. The molecule has 0 bridgehead atoms. The van der Waals surface area contributed by atoms with E-state index in [2.05, 4.69) is 205 Å². The summed E-state index contributed by atoms with van der Waals surface area (Å²) in [5, 5.41) is 7.39. The largest absolute Gasteiger partial charge is 0.456 e. The molecule has 2 heterocycles. The Morgan fingerprint density at radius 3 is 1.65 bits per heavy atom. The molecule has 11 aromatic rings. The van der Waals surface area contributed by atoms with Crippen LogP contribution in [-0.4, -0.2) is 0 Å². The van der Waals surface area contributed by atoms with Gasteiger partial charge in [0.25, 0.3) is 0 Å². The molecule has 2 aromatic heterocycles. The monoisotopic (exact) mass is 719 g/mol. The molecule has 11 rings (SSSR count). The molecule has 2 nitrogen and oxygen atoms in total. The Labute approximate surface area is 322 Å². The van der Waals surface area contributed by atoms with Crippen molar-refractivity contribution < 1.29 is 4.42 Å². The van der Waals surface area contributed by atoms with E-state index in [1.54, 1.807) is 0 Å². The van der Waals surface area contributed by atoms with Gasteiger partial charge in [0.05, 0.1) is 0 Å². The average molecular weight is 720 g/mol. The third-order valence-corrected chi connectivity index (χ3v) is 12.0. The van der Waals surface area contributed by atoms with Gasteiger partial charge in [0.2, 0.25) is 0 Å². The Hall–Kier alpha value is -6.94. The standard InChI is InChI=1S/C52H33NOS/c1-3-13-42(14-4-1)53(43-15-5-2-6-16-43)44-17-9-12-38(31-44)35-18-20-36(21-19-35)41-25-27-46-50(33-41)55-49-29-28-47-51(52(46)49)45-26-24-40(32-48(45)54-47)39-23-22-34-10-7-8-11-37(34)30-39/h1-33H. The first-order valence-electron chi connectivity index (χ1n) is 18.7. The second kappa shape index (κ2) is 12.9. The molecule has 0 unspecified atom stereocenters. The number of anilines is 3. The maximum absolute atomic E-state index is 6.54. The van der Waals surface area contributed by atoms with Crippen LogP contribution in [0.5, 0.6) is 0 Å². The van der Waals surface area contributed by atoms with E-state index in [9.17, 15) is 0 Å². The van der Waals surface area contributed by atoms with E-state index >= 15 is 0 Å². The van der Waals surface area contributed by atoms with Crippen molar-refractivity contribution >= 4 is 81.3 Å². The van der Waals surface area contributed by atoms with Crippen molar-refractivity contribution in [2.24, 2.45) is 0 Å². The molecule has 0 amide bonds. The van der Waals surface area contributed by atoms with Gasteiger partial charge in [0.1, 0.15) is 11.2 Å². The third-order valence-electron chi connectivity index (χ3n) is 10.8. The van der Waals surface area contributed by atoms with Gasteiger partial charge >= 0.3 is 0 Å². The zero-order chi connectivity index (χ0) is 36.3. The van der Waals surface area contributed by atoms with Crippen molar-refractivity contribution in [1.82, 2.24) is 0 Å². The van der Waals surface area contributed by atoms with Gasteiger partial charge < -0.3 is 9.32 Å². The number of furan rings is 1. The Balaban J connectivity index is 0.928. The van der Waals surface area contributed by atoms with Crippen LogP contribution in [0, 0.1) is 0 Å². The maximum Gasteiger partial charge on any atom is 0.136 e. The van der Waals surface area contributed by atoms with Crippen LogP contribution in [0.25, 0.3) is 86.3 Å². The zero-order valence-electron chi connectivity index (χ0n) is 29.8. The summed E-state index contributed by atoms with van der Waals surface area (Å²) in [6, 6.07) is 72.0. The van der Waals surface area contributed by atoms with Crippen LogP contribution in [0.4, 0.5) is 17.1 Å². The molecular weight excluding hydrogens is 687 g/mol. The summed E-state index contributed by atoms with van der Waals surface area (Å²) in [6.45, 7) is 0. The van der Waals surface area contributed by atoms with Gasteiger partial charge in [-0.25, -0.2) is 0 Å². The quantitative estimate of drug-likeness (QED) is 0.170. The summed E-state index contributed by atoms with van der Waals surface area (Å²) in [4.78, 5) is 2.31. The first-order chi connectivity index (χ1) is 27.2. The van der Waals surface area contributed by atoms with Crippen molar-refractivity contribution in [3.63, 3.8) is 0 Å². The van der Waals surface area contributed by atoms with Crippen molar-refractivity contribution in [3.8, 4) is 33.4 Å². The Kier molecular flexibility index (Phi) is 7.39. The predicted octanol–water partition coefficient (Wildman–Crippen LogP) is 15.6. The molecule has 3 heteroatoms. The molecule has 9 aromatic carbocycles. The van der Waals surface area contributed by atoms with Crippen molar-refractivity contribution in [1.29, 1.82) is 0 Å². The molecule has 0 N–H and O–H groups in total. The molecule has 0 saturated carbocycles. The normalized spacial score (nSPS) is 11.6. The van der Waals surface area contributed by atoms with Gasteiger partial charge in [-0.1, -0.05) is 127 Å². The second-order valence-corrected chi connectivity index (χ2v) is 15.2. The molecular formula is C52H33NOS. The number of hydrogen-bond acceptors (Lipinski definition) is 3. The highest BCUT2D eigenvalue weighted by atomic mass is 32.1. The SMILES string of the molecule is c1ccc(N(c2ccccc2)c2cccc(-c3ccc(-c4ccc5c(c4)sc4ccc6oc7cc(-c8ccc9ccccc9c8)ccc7c6c45)cc3)c2)cc1. The summed E-state index contributed by atoms with van der Waals surface area (Å²) in [7, 11) is 0. The number of hydrogen-bond donors (Lipinski definition) is 0. The van der Waals surface area contributed by atoms with E-state index in [1.807, 2.05) is 11.3 Å². The summed E-state index contributed by atoms with van der Waals surface area (Å²) < 4.78 is 9.09. The number of fused-ring (bicyclic) bond motifs is 8. The third kappa shape index (κ3) is 5.48. The highest BCUT2D eigenvalue weighted by Crippen LogP contribution is 2.44.